The molecular formula is C14H23NO. The van der Waals surface area contributed by atoms with E-state index in [2.05, 4.69) is 5.32 Å². The van der Waals surface area contributed by atoms with E-state index in [-0.39, 0.29) is 6.10 Å². The quantitative estimate of drug-likeness (QED) is 0.746. The van der Waals surface area contributed by atoms with Gasteiger partial charge in [-0.05, 0) is 55.8 Å². The summed E-state index contributed by atoms with van der Waals surface area (Å²) >= 11 is 0. The van der Waals surface area contributed by atoms with Crippen molar-refractivity contribution in [1.29, 1.82) is 0 Å². The molecule has 0 heterocycles. The third kappa shape index (κ3) is 1.32. The molecule has 90 valence electrons. The Hall–Kier alpha value is -0.0800. The number of fused-ring (bicyclic) bond motifs is 5. The summed E-state index contributed by atoms with van der Waals surface area (Å²) in [5.41, 5.74) is 0. The van der Waals surface area contributed by atoms with Crippen molar-refractivity contribution in [2.75, 3.05) is 0 Å². The lowest BCUT2D eigenvalue weighted by Gasteiger charge is -2.29. The van der Waals surface area contributed by atoms with Crippen molar-refractivity contribution < 1.29 is 5.11 Å². The van der Waals surface area contributed by atoms with E-state index in [4.69, 9.17) is 0 Å². The lowest BCUT2D eigenvalue weighted by Crippen LogP contribution is -2.44. The first kappa shape index (κ1) is 9.90. The summed E-state index contributed by atoms with van der Waals surface area (Å²) in [7, 11) is 0. The van der Waals surface area contributed by atoms with Crippen LogP contribution in [-0.2, 0) is 0 Å². The molecule has 2 nitrogen and oxygen atoms in total. The summed E-state index contributed by atoms with van der Waals surface area (Å²) in [6, 6.07) is 1.22. The first-order valence-corrected chi connectivity index (χ1v) is 7.29. The van der Waals surface area contributed by atoms with Crippen molar-refractivity contribution in [2.45, 2.75) is 63.1 Å². The fraction of sp³-hybridized carbons (Fsp3) is 1.00. The average Bonchev–Trinajstić information content (AvgIpc) is 2.71. The van der Waals surface area contributed by atoms with Gasteiger partial charge >= 0.3 is 0 Å². The first-order chi connectivity index (χ1) is 7.84. The molecule has 4 fully saturated rings. The zero-order valence-electron chi connectivity index (χ0n) is 9.94. The van der Waals surface area contributed by atoms with Crippen LogP contribution in [0.3, 0.4) is 0 Å². The highest BCUT2D eigenvalue weighted by Crippen LogP contribution is 2.65. The molecular weight excluding hydrogens is 198 g/mol. The molecule has 4 unspecified atom stereocenters. The summed E-state index contributed by atoms with van der Waals surface area (Å²) in [4.78, 5) is 0. The van der Waals surface area contributed by atoms with Gasteiger partial charge in [-0.15, -0.1) is 0 Å². The zero-order chi connectivity index (χ0) is 10.7. The maximum atomic E-state index is 9.99. The Balaban J connectivity index is 1.39. The summed E-state index contributed by atoms with van der Waals surface area (Å²) in [6.45, 7) is 0. The number of aliphatic hydroxyl groups is 1. The molecule has 0 radical (unpaired) electrons. The van der Waals surface area contributed by atoms with Gasteiger partial charge in [0.05, 0.1) is 6.10 Å². The van der Waals surface area contributed by atoms with Crippen LogP contribution in [0.2, 0.25) is 0 Å². The Morgan fingerprint density at radius 2 is 1.56 bits per heavy atom. The van der Waals surface area contributed by atoms with Crippen LogP contribution >= 0.6 is 0 Å². The van der Waals surface area contributed by atoms with E-state index >= 15 is 0 Å². The number of aliphatic hydroxyl groups excluding tert-OH is 1. The normalized spacial score (nSPS) is 58.7. The molecule has 4 saturated carbocycles. The highest BCUT2D eigenvalue weighted by Gasteiger charge is 2.65. The number of nitrogens with one attached hydrogen (secondary N) is 1. The standard InChI is InChI=1S/C14H23NO/c16-11-4-2-1-3-10(11)15-14-12-8-5-6-9(7-8)13(12)14/h8-16H,1-7H2/t8?,9?,10-,11-,12?,13?,14?/m0/s1. The molecule has 16 heavy (non-hydrogen) atoms. The van der Waals surface area contributed by atoms with Crippen LogP contribution in [0.25, 0.3) is 0 Å². The number of hydrogen-bond acceptors (Lipinski definition) is 2. The Morgan fingerprint density at radius 1 is 0.875 bits per heavy atom. The molecule has 0 amide bonds. The Morgan fingerprint density at radius 3 is 2.25 bits per heavy atom. The van der Waals surface area contributed by atoms with Crippen molar-refractivity contribution in [2.24, 2.45) is 23.7 Å². The molecule has 2 N–H and O–H groups in total. The minimum atomic E-state index is -0.0623. The van der Waals surface area contributed by atoms with Crippen LogP contribution in [0.5, 0.6) is 0 Å². The molecule has 4 aliphatic rings. The second kappa shape index (κ2) is 3.46. The summed E-state index contributed by atoms with van der Waals surface area (Å²) in [5.74, 6) is 4.11. The van der Waals surface area contributed by atoms with Crippen LogP contribution in [0.1, 0.15) is 44.9 Å². The molecule has 0 aromatic carbocycles. The minimum absolute atomic E-state index is 0.0623. The van der Waals surface area contributed by atoms with E-state index in [1.807, 2.05) is 0 Å². The second-order valence-corrected chi connectivity index (χ2v) is 6.64. The van der Waals surface area contributed by atoms with Crippen LogP contribution in [0.4, 0.5) is 0 Å². The fourth-order valence-corrected chi connectivity index (χ4v) is 5.10. The van der Waals surface area contributed by atoms with Crippen LogP contribution < -0.4 is 5.32 Å². The lowest BCUT2D eigenvalue weighted by atomic mass is 9.92. The highest BCUT2D eigenvalue weighted by atomic mass is 16.3. The summed E-state index contributed by atoms with van der Waals surface area (Å²) in [5, 5.41) is 13.8. The maximum Gasteiger partial charge on any atom is 0.0693 e. The Kier molecular flexibility index (Phi) is 2.14. The molecule has 2 heteroatoms. The van der Waals surface area contributed by atoms with Crippen molar-refractivity contribution >= 4 is 0 Å². The molecule has 2 bridgehead atoms. The maximum absolute atomic E-state index is 9.99. The number of hydrogen-bond donors (Lipinski definition) is 2. The third-order valence-corrected chi connectivity index (χ3v) is 5.87. The molecule has 0 aromatic heterocycles. The molecule has 4 rings (SSSR count). The van der Waals surface area contributed by atoms with Gasteiger partial charge in [0.25, 0.3) is 0 Å². The van der Waals surface area contributed by atoms with E-state index < -0.39 is 0 Å². The smallest absolute Gasteiger partial charge is 0.0693 e. The molecule has 0 aromatic rings. The van der Waals surface area contributed by atoms with E-state index in [1.54, 1.807) is 0 Å². The molecule has 0 saturated heterocycles. The number of rotatable bonds is 2. The van der Waals surface area contributed by atoms with Gasteiger partial charge in [0, 0.05) is 12.1 Å². The summed E-state index contributed by atoms with van der Waals surface area (Å²) in [6.07, 6.45) is 9.22. The minimum Gasteiger partial charge on any atom is -0.392 e. The molecule has 4 aliphatic carbocycles. The Bertz CT molecular complexity index is 276. The van der Waals surface area contributed by atoms with Gasteiger partial charge in [-0.2, -0.15) is 0 Å². The van der Waals surface area contributed by atoms with Gasteiger partial charge in [-0.25, -0.2) is 0 Å². The largest absolute Gasteiger partial charge is 0.392 e. The summed E-state index contributed by atoms with van der Waals surface area (Å²) < 4.78 is 0. The van der Waals surface area contributed by atoms with Crippen LogP contribution in [-0.4, -0.2) is 23.3 Å². The van der Waals surface area contributed by atoms with Gasteiger partial charge in [-0.3, -0.25) is 0 Å². The molecule has 0 aliphatic heterocycles. The van der Waals surface area contributed by atoms with Crippen molar-refractivity contribution in [3.8, 4) is 0 Å². The average molecular weight is 221 g/mol. The lowest BCUT2D eigenvalue weighted by molar-refractivity contribution is 0.0876. The molecule has 6 atom stereocenters. The zero-order valence-corrected chi connectivity index (χ0v) is 9.94. The van der Waals surface area contributed by atoms with Gasteiger partial charge in [0.1, 0.15) is 0 Å². The van der Waals surface area contributed by atoms with E-state index in [9.17, 15) is 5.11 Å². The highest BCUT2D eigenvalue weighted by molar-refractivity contribution is 5.17. The van der Waals surface area contributed by atoms with Crippen molar-refractivity contribution in [3.05, 3.63) is 0 Å². The van der Waals surface area contributed by atoms with Gasteiger partial charge in [0.2, 0.25) is 0 Å². The first-order valence-electron chi connectivity index (χ1n) is 7.29. The fourth-order valence-electron chi connectivity index (χ4n) is 5.10. The third-order valence-electron chi connectivity index (χ3n) is 5.87. The monoisotopic (exact) mass is 221 g/mol. The van der Waals surface area contributed by atoms with E-state index in [0.29, 0.717) is 6.04 Å². The van der Waals surface area contributed by atoms with Crippen LogP contribution in [0.15, 0.2) is 0 Å². The second-order valence-electron chi connectivity index (χ2n) is 6.64. The van der Waals surface area contributed by atoms with Gasteiger partial charge in [0.15, 0.2) is 0 Å². The predicted molar refractivity (Wildman–Crippen MR) is 63.0 cm³/mol. The molecule has 0 spiro atoms. The van der Waals surface area contributed by atoms with Gasteiger partial charge < -0.3 is 10.4 Å². The SMILES string of the molecule is O[C@H]1CCCC[C@@H]1NC1C2C3CCC(C3)C12. The van der Waals surface area contributed by atoms with Crippen molar-refractivity contribution in [1.82, 2.24) is 5.32 Å². The van der Waals surface area contributed by atoms with Crippen LogP contribution in [0, 0.1) is 23.7 Å². The predicted octanol–water partition coefficient (Wildman–Crippen LogP) is 1.92. The van der Waals surface area contributed by atoms with E-state index in [1.165, 1.54) is 38.5 Å². The van der Waals surface area contributed by atoms with Crippen molar-refractivity contribution in [3.63, 3.8) is 0 Å². The Labute approximate surface area is 97.8 Å². The topological polar surface area (TPSA) is 32.3 Å². The van der Waals surface area contributed by atoms with Gasteiger partial charge in [-0.1, -0.05) is 12.8 Å². The van der Waals surface area contributed by atoms with E-state index in [0.717, 1.165) is 36.1 Å².